The number of hydrogen-bond donors (Lipinski definition) is 2. The predicted molar refractivity (Wildman–Crippen MR) is 87.2 cm³/mol. The van der Waals surface area contributed by atoms with Gasteiger partial charge in [0.15, 0.2) is 0 Å². The van der Waals surface area contributed by atoms with E-state index in [4.69, 9.17) is 28.9 Å². The highest BCUT2D eigenvalue weighted by Crippen LogP contribution is 2.24. The van der Waals surface area contributed by atoms with Gasteiger partial charge in [-0.15, -0.1) is 0 Å². The number of hydrogen-bond acceptors (Lipinski definition) is 3. The smallest absolute Gasteiger partial charge is 0.254 e. The largest absolute Gasteiger partial charge is 0.351 e. The van der Waals surface area contributed by atoms with Crippen molar-refractivity contribution in [2.45, 2.75) is 31.8 Å². The molecule has 1 saturated heterocycles. The van der Waals surface area contributed by atoms with E-state index in [-0.39, 0.29) is 17.9 Å². The molecule has 1 aromatic rings. The lowest BCUT2D eigenvalue weighted by molar-refractivity contribution is -0.125. The molecule has 0 aliphatic carbocycles. The SMILES string of the molecule is C[C@@H](CN)NC(=O)C1CCCN1C(=O)c1cc(Cl)cc(Cl)c1. The molecule has 0 saturated carbocycles. The Kier molecular flexibility index (Phi) is 5.67. The van der Waals surface area contributed by atoms with Crippen molar-refractivity contribution in [2.24, 2.45) is 5.73 Å². The predicted octanol–water partition coefficient (Wildman–Crippen LogP) is 2.06. The maximum absolute atomic E-state index is 12.6. The van der Waals surface area contributed by atoms with Gasteiger partial charge >= 0.3 is 0 Å². The van der Waals surface area contributed by atoms with E-state index in [9.17, 15) is 9.59 Å². The van der Waals surface area contributed by atoms with E-state index >= 15 is 0 Å². The fourth-order valence-electron chi connectivity index (χ4n) is 2.52. The Morgan fingerprint density at radius 3 is 2.59 bits per heavy atom. The number of benzene rings is 1. The lowest BCUT2D eigenvalue weighted by atomic mass is 10.1. The first-order valence-corrected chi connectivity index (χ1v) is 7.95. The molecule has 1 unspecified atom stereocenters. The molecule has 1 heterocycles. The van der Waals surface area contributed by atoms with Gasteiger partial charge in [0.05, 0.1) is 0 Å². The molecule has 1 fully saturated rings. The number of nitrogens with one attached hydrogen (secondary N) is 1. The Labute approximate surface area is 139 Å². The first-order chi connectivity index (χ1) is 10.4. The molecule has 120 valence electrons. The average Bonchev–Trinajstić information content (AvgIpc) is 2.94. The van der Waals surface area contributed by atoms with E-state index in [1.807, 2.05) is 6.92 Å². The summed E-state index contributed by atoms with van der Waals surface area (Å²) in [4.78, 5) is 26.5. The van der Waals surface area contributed by atoms with E-state index in [1.54, 1.807) is 23.1 Å². The fraction of sp³-hybridized carbons (Fsp3) is 0.467. The summed E-state index contributed by atoms with van der Waals surface area (Å²) >= 11 is 11.9. The van der Waals surface area contributed by atoms with Crippen LogP contribution in [-0.4, -0.2) is 41.9 Å². The minimum absolute atomic E-state index is 0.120. The second-order valence-electron chi connectivity index (χ2n) is 5.46. The molecule has 1 aliphatic heterocycles. The van der Waals surface area contributed by atoms with E-state index in [1.165, 1.54) is 0 Å². The topological polar surface area (TPSA) is 75.4 Å². The number of carbonyl (C=O) groups is 2. The maximum atomic E-state index is 12.6. The average molecular weight is 344 g/mol. The van der Waals surface area contributed by atoms with Gasteiger partial charge in [0.2, 0.25) is 5.91 Å². The number of carbonyl (C=O) groups excluding carboxylic acids is 2. The zero-order valence-corrected chi connectivity index (χ0v) is 13.8. The molecule has 0 bridgehead atoms. The highest BCUT2D eigenvalue weighted by Gasteiger charge is 2.35. The lowest BCUT2D eigenvalue weighted by Gasteiger charge is -2.25. The van der Waals surface area contributed by atoms with Gasteiger partial charge in [-0.1, -0.05) is 23.2 Å². The summed E-state index contributed by atoms with van der Waals surface area (Å²) in [5.74, 6) is -0.403. The zero-order valence-electron chi connectivity index (χ0n) is 12.3. The van der Waals surface area contributed by atoms with Crippen LogP contribution in [0.4, 0.5) is 0 Å². The van der Waals surface area contributed by atoms with E-state index < -0.39 is 6.04 Å². The molecular formula is C15H19Cl2N3O2. The highest BCUT2D eigenvalue weighted by molar-refractivity contribution is 6.35. The van der Waals surface area contributed by atoms with Crippen LogP contribution < -0.4 is 11.1 Å². The van der Waals surface area contributed by atoms with Gasteiger partial charge in [-0.2, -0.15) is 0 Å². The van der Waals surface area contributed by atoms with E-state index in [0.29, 0.717) is 35.1 Å². The zero-order chi connectivity index (χ0) is 16.3. The molecule has 0 spiro atoms. The van der Waals surface area contributed by atoms with Crippen molar-refractivity contribution in [1.29, 1.82) is 0 Å². The molecular weight excluding hydrogens is 325 g/mol. The van der Waals surface area contributed by atoms with Gasteiger partial charge in [-0.25, -0.2) is 0 Å². The van der Waals surface area contributed by atoms with Crippen molar-refractivity contribution in [2.75, 3.05) is 13.1 Å². The van der Waals surface area contributed by atoms with Gasteiger partial charge in [0, 0.05) is 34.7 Å². The first kappa shape index (κ1) is 17.1. The van der Waals surface area contributed by atoms with Crippen molar-refractivity contribution in [3.8, 4) is 0 Å². The molecule has 1 aromatic carbocycles. The number of halogens is 2. The molecule has 3 N–H and O–H groups in total. The van der Waals surface area contributed by atoms with Gasteiger partial charge in [-0.05, 0) is 38.0 Å². The van der Waals surface area contributed by atoms with Gasteiger partial charge in [0.1, 0.15) is 6.04 Å². The van der Waals surface area contributed by atoms with Crippen LogP contribution in [0.3, 0.4) is 0 Å². The van der Waals surface area contributed by atoms with E-state index in [2.05, 4.69) is 5.32 Å². The van der Waals surface area contributed by atoms with Gasteiger partial charge < -0.3 is 16.0 Å². The number of nitrogens with zero attached hydrogens (tertiary/aromatic N) is 1. The third-order valence-electron chi connectivity index (χ3n) is 3.67. The molecule has 7 heteroatoms. The molecule has 1 aliphatic rings. The number of likely N-dealkylation sites (tertiary alicyclic amines) is 1. The van der Waals surface area contributed by atoms with Crippen LogP contribution in [0.25, 0.3) is 0 Å². The van der Waals surface area contributed by atoms with Gasteiger partial charge in [0.25, 0.3) is 5.91 Å². The Hall–Kier alpha value is -1.30. The Bertz CT molecular complexity index is 560. The Balaban J connectivity index is 2.15. The molecule has 0 aromatic heterocycles. The summed E-state index contributed by atoms with van der Waals surface area (Å²) in [6.45, 7) is 2.73. The number of rotatable bonds is 4. The fourth-order valence-corrected chi connectivity index (χ4v) is 3.05. The maximum Gasteiger partial charge on any atom is 0.254 e. The van der Waals surface area contributed by atoms with Gasteiger partial charge in [-0.3, -0.25) is 9.59 Å². The summed E-state index contributed by atoms with van der Waals surface area (Å²) in [5.41, 5.74) is 5.91. The quantitative estimate of drug-likeness (QED) is 0.878. The number of nitrogens with two attached hydrogens (primary N) is 1. The summed E-state index contributed by atoms with van der Waals surface area (Å²) in [7, 11) is 0. The summed E-state index contributed by atoms with van der Waals surface area (Å²) < 4.78 is 0. The summed E-state index contributed by atoms with van der Waals surface area (Å²) in [6, 6.07) is 4.10. The second-order valence-corrected chi connectivity index (χ2v) is 6.33. The lowest BCUT2D eigenvalue weighted by Crippen LogP contribution is -2.49. The minimum Gasteiger partial charge on any atom is -0.351 e. The third kappa shape index (κ3) is 3.91. The summed E-state index contributed by atoms with van der Waals surface area (Å²) in [5, 5.41) is 3.61. The Morgan fingerprint density at radius 1 is 1.36 bits per heavy atom. The van der Waals surface area contributed by atoms with Crippen LogP contribution >= 0.6 is 23.2 Å². The number of amides is 2. The van der Waals surface area contributed by atoms with Crippen LogP contribution in [0.15, 0.2) is 18.2 Å². The molecule has 2 amide bonds. The third-order valence-corrected chi connectivity index (χ3v) is 4.10. The van der Waals surface area contributed by atoms with Crippen LogP contribution in [0.1, 0.15) is 30.1 Å². The van der Waals surface area contributed by atoms with E-state index in [0.717, 1.165) is 6.42 Å². The van der Waals surface area contributed by atoms with Crippen LogP contribution in [0, 0.1) is 0 Å². The Morgan fingerprint density at radius 2 is 2.00 bits per heavy atom. The minimum atomic E-state index is -0.473. The molecule has 2 rings (SSSR count). The highest BCUT2D eigenvalue weighted by atomic mass is 35.5. The van der Waals surface area contributed by atoms with Crippen LogP contribution in [0.5, 0.6) is 0 Å². The monoisotopic (exact) mass is 343 g/mol. The van der Waals surface area contributed by atoms with Crippen molar-refractivity contribution in [1.82, 2.24) is 10.2 Å². The summed E-state index contributed by atoms with van der Waals surface area (Å²) in [6.07, 6.45) is 1.43. The molecule has 2 atom stereocenters. The van der Waals surface area contributed by atoms with Crippen molar-refractivity contribution in [3.05, 3.63) is 33.8 Å². The first-order valence-electron chi connectivity index (χ1n) is 7.20. The molecule has 22 heavy (non-hydrogen) atoms. The van der Waals surface area contributed by atoms with Crippen molar-refractivity contribution in [3.63, 3.8) is 0 Å². The van der Waals surface area contributed by atoms with Crippen molar-refractivity contribution < 1.29 is 9.59 Å². The van der Waals surface area contributed by atoms with Crippen molar-refractivity contribution >= 4 is 35.0 Å². The second kappa shape index (κ2) is 7.31. The molecule has 0 radical (unpaired) electrons. The standard InChI is InChI=1S/C15H19Cl2N3O2/c1-9(8-18)19-14(21)13-3-2-4-20(13)15(22)10-5-11(16)7-12(17)6-10/h5-7,9,13H,2-4,8,18H2,1H3,(H,19,21)/t9-,13?/m0/s1. The van der Waals surface area contributed by atoms with Crippen LogP contribution in [-0.2, 0) is 4.79 Å². The molecule has 5 nitrogen and oxygen atoms in total. The normalized spacial score (nSPS) is 19.1. The van der Waals surface area contributed by atoms with Crippen LogP contribution in [0.2, 0.25) is 10.0 Å².